The number of rotatable bonds is 4. The second-order valence-electron chi connectivity index (χ2n) is 4.11. The number of hydrogen-bond donors (Lipinski definition) is 1. The van der Waals surface area contributed by atoms with Gasteiger partial charge in [-0.25, -0.2) is 4.39 Å². The lowest BCUT2D eigenvalue weighted by Gasteiger charge is -2.18. The van der Waals surface area contributed by atoms with Gasteiger partial charge in [0, 0.05) is 9.37 Å². The van der Waals surface area contributed by atoms with E-state index in [0.717, 1.165) is 4.90 Å². The van der Waals surface area contributed by atoms with Crippen LogP contribution in [0.5, 0.6) is 0 Å². The van der Waals surface area contributed by atoms with E-state index in [1.165, 1.54) is 31.0 Å². The zero-order valence-corrected chi connectivity index (χ0v) is 12.8. The maximum Gasteiger partial charge on any atom is 0.319 e. The fourth-order valence-electron chi connectivity index (χ4n) is 1.34. The van der Waals surface area contributed by atoms with Gasteiger partial charge in [0.25, 0.3) is 0 Å². The van der Waals surface area contributed by atoms with Crippen molar-refractivity contribution in [3.05, 3.63) is 22.4 Å². The summed E-state index contributed by atoms with van der Waals surface area (Å²) >= 11 is 4.57. The number of halogens is 2. The van der Waals surface area contributed by atoms with Crippen LogP contribution < -0.4 is 5.73 Å². The second kappa shape index (κ2) is 6.43. The van der Waals surface area contributed by atoms with Crippen molar-refractivity contribution < 1.29 is 13.9 Å². The minimum Gasteiger partial charge on any atom is -0.468 e. The van der Waals surface area contributed by atoms with Gasteiger partial charge in [-0.3, -0.25) is 4.79 Å². The predicted octanol–water partition coefficient (Wildman–Crippen LogP) is 3.46. The summed E-state index contributed by atoms with van der Waals surface area (Å²) in [5.41, 5.74) is 5.59. The Morgan fingerprint density at radius 2 is 2.11 bits per heavy atom. The largest absolute Gasteiger partial charge is 0.468 e. The van der Waals surface area contributed by atoms with Crippen molar-refractivity contribution in [3.63, 3.8) is 0 Å². The Balaban J connectivity index is 3.01. The van der Waals surface area contributed by atoms with Crippen LogP contribution in [0.15, 0.2) is 21.5 Å². The van der Waals surface area contributed by atoms with Gasteiger partial charge >= 0.3 is 5.97 Å². The van der Waals surface area contributed by atoms with Crippen LogP contribution in [-0.4, -0.2) is 18.3 Å². The molecule has 100 valence electrons. The zero-order valence-electron chi connectivity index (χ0n) is 10.4. The molecule has 0 aliphatic heterocycles. The van der Waals surface area contributed by atoms with Crippen LogP contribution >= 0.6 is 27.7 Å². The third kappa shape index (κ3) is 3.62. The van der Waals surface area contributed by atoms with Gasteiger partial charge in [-0.15, -0.1) is 11.8 Å². The summed E-state index contributed by atoms with van der Waals surface area (Å²) in [5, 5.41) is -0.351. The number of carbonyl (C=O) groups is 1. The van der Waals surface area contributed by atoms with E-state index in [9.17, 15) is 9.18 Å². The number of hydrogen-bond acceptors (Lipinski definition) is 4. The molecule has 2 N–H and O–H groups in total. The molecule has 1 atom stereocenters. The average Bonchev–Trinajstić information content (AvgIpc) is 2.30. The van der Waals surface area contributed by atoms with E-state index >= 15 is 0 Å². The highest BCUT2D eigenvalue weighted by Crippen LogP contribution is 2.36. The molecular weight excluding hydrogens is 321 g/mol. The molecule has 0 aliphatic carbocycles. The highest BCUT2D eigenvalue weighted by molar-refractivity contribution is 9.10. The van der Waals surface area contributed by atoms with E-state index in [1.54, 1.807) is 0 Å². The smallest absolute Gasteiger partial charge is 0.319 e. The molecule has 0 heterocycles. The predicted molar refractivity (Wildman–Crippen MR) is 75.0 cm³/mol. The molecule has 6 heteroatoms. The Bertz CT molecular complexity index is 454. The standard InChI is InChI=1S/C12H15BrFNO2S/c1-6(2)11(12(16)17-3)18-10-5-9(15)8(14)4-7(10)13/h4-6,11H,15H2,1-3H3. The first-order chi connectivity index (χ1) is 8.36. The molecule has 1 rings (SSSR count). The number of benzene rings is 1. The minimum atomic E-state index is -0.481. The van der Waals surface area contributed by atoms with Gasteiger partial charge in [0.1, 0.15) is 11.1 Å². The molecule has 0 spiro atoms. The highest BCUT2D eigenvalue weighted by atomic mass is 79.9. The number of thioether (sulfide) groups is 1. The van der Waals surface area contributed by atoms with Gasteiger partial charge in [0.2, 0.25) is 0 Å². The fourth-order valence-corrected chi connectivity index (χ4v) is 3.04. The van der Waals surface area contributed by atoms with Crippen LogP contribution in [0.25, 0.3) is 0 Å². The van der Waals surface area contributed by atoms with Crippen LogP contribution in [0.2, 0.25) is 0 Å². The molecule has 0 amide bonds. The molecule has 0 aliphatic rings. The van der Waals surface area contributed by atoms with Gasteiger partial charge in [-0.05, 0) is 34.0 Å². The summed E-state index contributed by atoms with van der Waals surface area (Å²) in [6.45, 7) is 3.85. The van der Waals surface area contributed by atoms with Crippen molar-refractivity contribution in [2.75, 3.05) is 12.8 Å². The van der Waals surface area contributed by atoms with Gasteiger partial charge in [-0.1, -0.05) is 13.8 Å². The third-order valence-corrected chi connectivity index (χ3v) is 4.85. The lowest BCUT2D eigenvalue weighted by Crippen LogP contribution is -2.24. The van der Waals surface area contributed by atoms with Gasteiger partial charge in [-0.2, -0.15) is 0 Å². The first-order valence-electron chi connectivity index (χ1n) is 5.35. The number of ether oxygens (including phenoxy) is 1. The van der Waals surface area contributed by atoms with Crippen LogP contribution in [0.1, 0.15) is 13.8 Å². The lowest BCUT2D eigenvalue weighted by atomic mass is 10.1. The van der Waals surface area contributed by atoms with E-state index in [0.29, 0.717) is 4.47 Å². The van der Waals surface area contributed by atoms with Crippen LogP contribution in [0.3, 0.4) is 0 Å². The maximum absolute atomic E-state index is 13.2. The first-order valence-corrected chi connectivity index (χ1v) is 7.03. The van der Waals surface area contributed by atoms with Crippen LogP contribution in [0.4, 0.5) is 10.1 Å². The highest BCUT2D eigenvalue weighted by Gasteiger charge is 2.25. The summed E-state index contributed by atoms with van der Waals surface area (Å²) in [6.07, 6.45) is 0. The van der Waals surface area contributed by atoms with Crippen molar-refractivity contribution in [2.24, 2.45) is 5.92 Å². The molecule has 0 radical (unpaired) electrons. The number of esters is 1. The second-order valence-corrected chi connectivity index (χ2v) is 6.15. The minimum absolute atomic E-state index is 0.0630. The molecule has 1 aromatic rings. The molecular formula is C12H15BrFNO2S. The van der Waals surface area contributed by atoms with Crippen molar-refractivity contribution in [3.8, 4) is 0 Å². The molecule has 3 nitrogen and oxygen atoms in total. The Hall–Kier alpha value is -0.750. The Labute approximate surface area is 118 Å². The molecule has 0 fully saturated rings. The average molecular weight is 336 g/mol. The summed E-state index contributed by atoms with van der Waals surface area (Å²) in [4.78, 5) is 12.4. The summed E-state index contributed by atoms with van der Waals surface area (Å²) in [7, 11) is 1.35. The molecule has 18 heavy (non-hydrogen) atoms. The normalized spacial score (nSPS) is 12.6. The van der Waals surface area contributed by atoms with Crippen LogP contribution in [-0.2, 0) is 9.53 Å². The fraction of sp³-hybridized carbons (Fsp3) is 0.417. The van der Waals surface area contributed by atoms with Gasteiger partial charge < -0.3 is 10.5 Å². The molecule has 1 aromatic carbocycles. The lowest BCUT2D eigenvalue weighted by molar-refractivity contribution is -0.140. The van der Waals surface area contributed by atoms with Gasteiger partial charge in [0.05, 0.1) is 12.8 Å². The summed E-state index contributed by atoms with van der Waals surface area (Å²) < 4.78 is 18.6. The van der Waals surface area contributed by atoms with E-state index in [1.807, 2.05) is 13.8 Å². The number of nitrogen functional groups attached to an aromatic ring is 1. The van der Waals surface area contributed by atoms with Crippen LogP contribution in [0, 0.1) is 11.7 Å². The number of carbonyl (C=O) groups excluding carboxylic acids is 1. The van der Waals surface area contributed by atoms with E-state index in [4.69, 9.17) is 10.5 Å². The molecule has 1 unspecified atom stereocenters. The monoisotopic (exact) mass is 335 g/mol. The molecule has 0 aromatic heterocycles. The zero-order chi connectivity index (χ0) is 13.9. The van der Waals surface area contributed by atoms with Crippen molar-refractivity contribution in [2.45, 2.75) is 24.0 Å². The van der Waals surface area contributed by atoms with Crippen molar-refractivity contribution >= 4 is 39.3 Å². The SMILES string of the molecule is COC(=O)C(Sc1cc(N)c(F)cc1Br)C(C)C. The van der Waals surface area contributed by atoms with Gasteiger partial charge in [0.15, 0.2) is 0 Å². The number of methoxy groups -OCH3 is 1. The van der Waals surface area contributed by atoms with E-state index < -0.39 is 5.82 Å². The number of anilines is 1. The topological polar surface area (TPSA) is 52.3 Å². The first kappa shape index (κ1) is 15.3. The Morgan fingerprint density at radius 1 is 1.50 bits per heavy atom. The summed E-state index contributed by atoms with van der Waals surface area (Å²) in [5.74, 6) is -0.684. The van der Waals surface area contributed by atoms with E-state index in [2.05, 4.69) is 15.9 Å². The van der Waals surface area contributed by atoms with Crippen molar-refractivity contribution in [1.29, 1.82) is 0 Å². The Kier molecular flexibility index (Phi) is 5.47. The van der Waals surface area contributed by atoms with Crippen molar-refractivity contribution in [1.82, 2.24) is 0 Å². The molecule has 0 bridgehead atoms. The molecule has 0 saturated carbocycles. The Morgan fingerprint density at radius 3 is 2.61 bits per heavy atom. The quantitative estimate of drug-likeness (QED) is 0.520. The number of nitrogens with two attached hydrogens (primary N) is 1. The maximum atomic E-state index is 13.2. The third-order valence-electron chi connectivity index (χ3n) is 2.34. The molecule has 0 saturated heterocycles. The summed E-state index contributed by atoms with van der Waals surface area (Å²) in [6, 6.07) is 2.81. The van der Waals surface area contributed by atoms with E-state index in [-0.39, 0.29) is 22.8 Å².